The van der Waals surface area contributed by atoms with E-state index in [0.29, 0.717) is 5.15 Å². The van der Waals surface area contributed by atoms with Gasteiger partial charge < -0.3 is 4.84 Å². The molecule has 0 aliphatic heterocycles. The normalized spacial score (nSPS) is 10.4. The second-order valence-electron chi connectivity index (χ2n) is 1.80. The molecule has 0 bridgehead atoms. The third-order valence-corrected chi connectivity index (χ3v) is 1.40. The van der Waals surface area contributed by atoms with Crippen LogP contribution in [0.4, 0.5) is 0 Å². The number of oxime groups is 1. The summed E-state index contributed by atoms with van der Waals surface area (Å²) in [5, 5.41) is 3.98. The Kier molecular flexibility index (Phi) is 2.86. The highest BCUT2D eigenvalue weighted by Gasteiger charge is 1.94. The van der Waals surface area contributed by atoms with E-state index in [2.05, 4.69) is 15.0 Å². The average molecular weight is 171 g/mol. The van der Waals surface area contributed by atoms with Gasteiger partial charge >= 0.3 is 0 Å². The largest absolute Gasteiger partial charge is 0.399 e. The first-order valence-electron chi connectivity index (χ1n) is 3.01. The zero-order chi connectivity index (χ0) is 8.10. The van der Waals surface area contributed by atoms with Crippen molar-refractivity contribution in [2.24, 2.45) is 5.16 Å². The molecule has 0 spiro atoms. The summed E-state index contributed by atoms with van der Waals surface area (Å²) in [7, 11) is 1.47. The second kappa shape index (κ2) is 3.93. The summed E-state index contributed by atoms with van der Waals surface area (Å²) < 4.78 is 0. The molecule has 1 aromatic rings. The monoisotopic (exact) mass is 170 g/mol. The average Bonchev–Trinajstić information content (AvgIpc) is 2.03. The molecule has 0 amide bonds. The van der Waals surface area contributed by atoms with Crippen LogP contribution in [0, 0.1) is 0 Å². The van der Waals surface area contributed by atoms with Crippen LogP contribution in [-0.2, 0) is 4.84 Å². The van der Waals surface area contributed by atoms with Crippen molar-refractivity contribution in [3.05, 3.63) is 29.0 Å². The van der Waals surface area contributed by atoms with Crippen molar-refractivity contribution in [2.45, 2.75) is 0 Å². The lowest BCUT2D eigenvalue weighted by Crippen LogP contribution is -1.85. The third kappa shape index (κ3) is 2.20. The summed E-state index contributed by atoms with van der Waals surface area (Å²) in [6, 6.07) is 3.58. The van der Waals surface area contributed by atoms with E-state index in [1.165, 1.54) is 13.3 Å². The summed E-state index contributed by atoms with van der Waals surface area (Å²) in [4.78, 5) is 8.33. The first-order valence-corrected chi connectivity index (χ1v) is 3.39. The number of rotatable bonds is 2. The Labute approximate surface area is 69.6 Å². The maximum atomic E-state index is 5.70. The van der Waals surface area contributed by atoms with Crippen LogP contribution in [0.25, 0.3) is 0 Å². The molecule has 0 unspecified atom stereocenters. The summed E-state index contributed by atoms with van der Waals surface area (Å²) in [6.45, 7) is 0. The highest BCUT2D eigenvalue weighted by molar-refractivity contribution is 6.31. The first kappa shape index (κ1) is 8.01. The molecule has 0 radical (unpaired) electrons. The van der Waals surface area contributed by atoms with E-state index in [1.54, 1.807) is 18.3 Å². The molecule has 0 atom stereocenters. The lowest BCUT2D eigenvalue weighted by molar-refractivity contribution is 0.215. The van der Waals surface area contributed by atoms with Crippen LogP contribution in [0.1, 0.15) is 5.56 Å². The molecule has 0 aromatic carbocycles. The highest BCUT2D eigenvalue weighted by atomic mass is 35.5. The van der Waals surface area contributed by atoms with Gasteiger partial charge in [-0.15, -0.1) is 0 Å². The highest BCUT2D eigenvalue weighted by Crippen LogP contribution is 2.08. The van der Waals surface area contributed by atoms with Crippen molar-refractivity contribution < 1.29 is 4.84 Å². The zero-order valence-electron chi connectivity index (χ0n) is 5.99. The van der Waals surface area contributed by atoms with E-state index in [9.17, 15) is 0 Å². The van der Waals surface area contributed by atoms with Crippen molar-refractivity contribution in [2.75, 3.05) is 7.11 Å². The summed E-state index contributed by atoms with van der Waals surface area (Å²) in [6.07, 6.45) is 3.13. The molecule has 0 saturated carbocycles. The van der Waals surface area contributed by atoms with Gasteiger partial charge in [0.05, 0.1) is 6.21 Å². The van der Waals surface area contributed by atoms with Gasteiger partial charge in [-0.3, -0.25) is 0 Å². The van der Waals surface area contributed by atoms with E-state index >= 15 is 0 Å². The van der Waals surface area contributed by atoms with E-state index in [4.69, 9.17) is 11.6 Å². The predicted octanol–water partition coefficient (Wildman–Crippen LogP) is 1.72. The van der Waals surface area contributed by atoms with Crippen LogP contribution in [0.2, 0.25) is 5.15 Å². The second-order valence-corrected chi connectivity index (χ2v) is 2.16. The van der Waals surface area contributed by atoms with Crippen LogP contribution >= 0.6 is 11.6 Å². The summed E-state index contributed by atoms with van der Waals surface area (Å²) in [5.74, 6) is 0. The molecule has 11 heavy (non-hydrogen) atoms. The van der Waals surface area contributed by atoms with Gasteiger partial charge in [0.2, 0.25) is 0 Å². The van der Waals surface area contributed by atoms with Crippen LogP contribution in [-0.4, -0.2) is 18.3 Å². The molecular formula is C7H7ClN2O. The van der Waals surface area contributed by atoms with Crippen LogP contribution in [0.3, 0.4) is 0 Å². The predicted molar refractivity (Wildman–Crippen MR) is 43.9 cm³/mol. The maximum Gasteiger partial charge on any atom is 0.137 e. The quantitative estimate of drug-likeness (QED) is 0.385. The van der Waals surface area contributed by atoms with Crippen molar-refractivity contribution in [1.29, 1.82) is 0 Å². The van der Waals surface area contributed by atoms with Crippen LogP contribution < -0.4 is 0 Å². The molecule has 1 rings (SSSR count). The van der Waals surface area contributed by atoms with Crippen molar-refractivity contribution in [3.63, 3.8) is 0 Å². The zero-order valence-corrected chi connectivity index (χ0v) is 6.75. The number of hydrogen-bond acceptors (Lipinski definition) is 3. The molecule has 0 saturated heterocycles. The van der Waals surface area contributed by atoms with Gasteiger partial charge in [-0.2, -0.15) is 0 Å². The Hall–Kier alpha value is -1.09. The van der Waals surface area contributed by atoms with Gasteiger partial charge in [0.15, 0.2) is 0 Å². The van der Waals surface area contributed by atoms with E-state index in [-0.39, 0.29) is 0 Å². The van der Waals surface area contributed by atoms with Crippen molar-refractivity contribution in [3.8, 4) is 0 Å². The van der Waals surface area contributed by atoms with E-state index in [1.807, 2.05) is 0 Å². The SMILES string of the molecule is CO/N=C/c1cccnc1Cl. The summed E-state index contributed by atoms with van der Waals surface area (Å²) in [5.41, 5.74) is 0.746. The maximum absolute atomic E-state index is 5.70. The molecule has 3 nitrogen and oxygen atoms in total. The van der Waals surface area contributed by atoms with Crippen LogP contribution in [0.5, 0.6) is 0 Å². The Balaban J connectivity index is 2.86. The van der Waals surface area contributed by atoms with E-state index in [0.717, 1.165) is 5.56 Å². The Bertz CT molecular complexity index is 262. The lowest BCUT2D eigenvalue weighted by Gasteiger charge is -1.92. The molecule has 0 N–H and O–H groups in total. The molecular weight excluding hydrogens is 164 g/mol. The van der Waals surface area contributed by atoms with E-state index < -0.39 is 0 Å². The van der Waals surface area contributed by atoms with Gasteiger partial charge in [-0.1, -0.05) is 16.8 Å². The fourth-order valence-electron chi connectivity index (χ4n) is 0.604. The fraction of sp³-hybridized carbons (Fsp3) is 0.143. The standard InChI is InChI=1S/C7H7ClN2O/c1-11-10-5-6-3-2-4-9-7(6)8/h2-5H,1H3/b10-5+. The molecule has 58 valence electrons. The summed E-state index contributed by atoms with van der Waals surface area (Å²) >= 11 is 5.70. The van der Waals surface area contributed by atoms with Gasteiger partial charge in [0, 0.05) is 11.8 Å². The molecule has 4 heteroatoms. The Morgan fingerprint density at radius 2 is 2.55 bits per heavy atom. The molecule has 0 fully saturated rings. The molecule has 1 aromatic heterocycles. The molecule has 0 aliphatic rings. The fourth-order valence-corrected chi connectivity index (χ4v) is 0.772. The Morgan fingerprint density at radius 1 is 1.73 bits per heavy atom. The number of halogens is 1. The van der Waals surface area contributed by atoms with Crippen LogP contribution in [0.15, 0.2) is 23.5 Å². The third-order valence-electron chi connectivity index (χ3n) is 1.09. The topological polar surface area (TPSA) is 34.5 Å². The first-order chi connectivity index (χ1) is 5.34. The number of pyridine rings is 1. The Morgan fingerprint density at radius 3 is 3.18 bits per heavy atom. The number of aromatic nitrogens is 1. The van der Waals surface area contributed by atoms with Gasteiger partial charge in [0.25, 0.3) is 0 Å². The van der Waals surface area contributed by atoms with Gasteiger partial charge in [-0.25, -0.2) is 4.98 Å². The van der Waals surface area contributed by atoms with Crippen molar-refractivity contribution in [1.82, 2.24) is 4.98 Å². The molecule has 0 aliphatic carbocycles. The minimum absolute atomic E-state index is 0.424. The number of nitrogens with zero attached hydrogens (tertiary/aromatic N) is 2. The van der Waals surface area contributed by atoms with Crippen molar-refractivity contribution >= 4 is 17.8 Å². The smallest absolute Gasteiger partial charge is 0.137 e. The van der Waals surface area contributed by atoms with Gasteiger partial charge in [-0.05, 0) is 12.1 Å². The number of hydrogen-bond donors (Lipinski definition) is 0. The molecule has 1 heterocycles. The minimum Gasteiger partial charge on any atom is -0.399 e. The lowest BCUT2D eigenvalue weighted by atomic mass is 10.3. The van der Waals surface area contributed by atoms with Gasteiger partial charge in [0.1, 0.15) is 12.3 Å². The minimum atomic E-state index is 0.424.